The van der Waals surface area contributed by atoms with Gasteiger partial charge >= 0.3 is 0 Å². The van der Waals surface area contributed by atoms with Crippen LogP contribution in [0.15, 0.2) is 23.1 Å². The SMILES string of the molecule is NCC1CCCC1NS(=O)(=O)c1ccc2c(c1)OCCO2. The zero-order valence-corrected chi connectivity index (χ0v) is 12.6. The minimum absolute atomic E-state index is 0.0757. The second-order valence-electron chi connectivity index (χ2n) is 5.46. The van der Waals surface area contributed by atoms with Gasteiger partial charge in [-0.3, -0.25) is 0 Å². The van der Waals surface area contributed by atoms with Gasteiger partial charge in [0.1, 0.15) is 13.2 Å². The molecule has 6 nitrogen and oxygen atoms in total. The Balaban J connectivity index is 1.81. The number of benzene rings is 1. The number of hydrogen-bond donors (Lipinski definition) is 2. The molecule has 0 amide bonds. The molecule has 1 heterocycles. The number of nitrogens with two attached hydrogens (primary N) is 1. The lowest BCUT2D eigenvalue weighted by molar-refractivity contribution is 0.171. The van der Waals surface area contributed by atoms with E-state index in [0.717, 1.165) is 19.3 Å². The lowest BCUT2D eigenvalue weighted by atomic mass is 10.1. The van der Waals surface area contributed by atoms with Gasteiger partial charge in [0.15, 0.2) is 11.5 Å². The number of nitrogens with one attached hydrogen (secondary N) is 1. The molecule has 2 atom stereocenters. The summed E-state index contributed by atoms with van der Waals surface area (Å²) in [6.07, 6.45) is 2.83. The van der Waals surface area contributed by atoms with Crippen LogP contribution in [0.3, 0.4) is 0 Å². The molecule has 3 N–H and O–H groups in total. The van der Waals surface area contributed by atoms with Gasteiger partial charge in [0.05, 0.1) is 4.90 Å². The minimum atomic E-state index is -3.56. The second-order valence-corrected chi connectivity index (χ2v) is 7.17. The summed E-state index contributed by atoms with van der Waals surface area (Å²) in [4.78, 5) is 0.203. The van der Waals surface area contributed by atoms with E-state index in [1.165, 1.54) is 6.07 Å². The molecule has 1 aliphatic carbocycles. The van der Waals surface area contributed by atoms with Crippen molar-refractivity contribution >= 4 is 10.0 Å². The molecule has 2 unspecified atom stereocenters. The Bertz CT molecular complexity index is 617. The standard InChI is InChI=1S/C14H20N2O4S/c15-9-10-2-1-3-12(10)16-21(17,18)11-4-5-13-14(8-11)20-7-6-19-13/h4-5,8,10,12,16H,1-3,6-7,9,15H2. The Kier molecular flexibility index (Phi) is 4.05. The molecule has 116 valence electrons. The first kappa shape index (κ1) is 14.6. The van der Waals surface area contributed by atoms with E-state index < -0.39 is 10.0 Å². The summed E-state index contributed by atoms with van der Waals surface area (Å²) in [6.45, 7) is 1.42. The van der Waals surface area contributed by atoms with Crippen molar-refractivity contribution < 1.29 is 17.9 Å². The lowest BCUT2D eigenvalue weighted by Gasteiger charge is -2.21. The molecule has 1 aromatic rings. The summed E-state index contributed by atoms with van der Waals surface area (Å²) in [6, 6.07) is 4.62. The van der Waals surface area contributed by atoms with E-state index in [1.54, 1.807) is 12.1 Å². The van der Waals surface area contributed by atoms with Crippen molar-refractivity contribution in [1.82, 2.24) is 4.72 Å². The fourth-order valence-corrected chi connectivity index (χ4v) is 4.29. The van der Waals surface area contributed by atoms with E-state index in [1.807, 2.05) is 0 Å². The van der Waals surface area contributed by atoms with E-state index in [0.29, 0.717) is 31.3 Å². The molecule has 0 aromatic heterocycles. The number of sulfonamides is 1. The van der Waals surface area contributed by atoms with Gasteiger partial charge < -0.3 is 15.2 Å². The zero-order chi connectivity index (χ0) is 14.9. The second kappa shape index (κ2) is 5.82. The van der Waals surface area contributed by atoms with Gasteiger partial charge in [0.2, 0.25) is 10.0 Å². The Morgan fingerprint density at radius 3 is 2.71 bits per heavy atom. The first-order valence-corrected chi connectivity index (χ1v) is 8.70. The van der Waals surface area contributed by atoms with Crippen LogP contribution in [-0.4, -0.2) is 34.2 Å². The highest BCUT2D eigenvalue weighted by molar-refractivity contribution is 7.89. The van der Waals surface area contributed by atoms with Gasteiger partial charge in [0.25, 0.3) is 0 Å². The highest BCUT2D eigenvalue weighted by atomic mass is 32.2. The van der Waals surface area contributed by atoms with Crippen molar-refractivity contribution in [2.75, 3.05) is 19.8 Å². The zero-order valence-electron chi connectivity index (χ0n) is 11.7. The van der Waals surface area contributed by atoms with Gasteiger partial charge in [-0.05, 0) is 37.4 Å². The van der Waals surface area contributed by atoms with Crippen LogP contribution in [0, 0.1) is 5.92 Å². The molecule has 0 spiro atoms. The number of rotatable bonds is 4. The Morgan fingerprint density at radius 1 is 1.19 bits per heavy atom. The van der Waals surface area contributed by atoms with Crippen LogP contribution in [0.5, 0.6) is 11.5 Å². The molecular formula is C14H20N2O4S. The molecule has 21 heavy (non-hydrogen) atoms. The molecule has 7 heteroatoms. The van der Waals surface area contributed by atoms with Crippen molar-refractivity contribution in [1.29, 1.82) is 0 Å². The van der Waals surface area contributed by atoms with Gasteiger partial charge in [-0.2, -0.15) is 0 Å². The highest BCUT2D eigenvalue weighted by Gasteiger charge is 2.30. The van der Waals surface area contributed by atoms with Gasteiger partial charge in [0, 0.05) is 12.1 Å². The van der Waals surface area contributed by atoms with Gasteiger partial charge in [-0.1, -0.05) is 6.42 Å². The van der Waals surface area contributed by atoms with Gasteiger partial charge in [-0.25, -0.2) is 13.1 Å². The van der Waals surface area contributed by atoms with Crippen LogP contribution in [0.4, 0.5) is 0 Å². The van der Waals surface area contributed by atoms with Crippen molar-refractivity contribution in [2.24, 2.45) is 11.7 Å². The topological polar surface area (TPSA) is 90.7 Å². The Labute approximate surface area is 124 Å². The summed E-state index contributed by atoms with van der Waals surface area (Å²) in [5.41, 5.74) is 5.70. The Hall–Kier alpha value is -1.31. The monoisotopic (exact) mass is 312 g/mol. The van der Waals surface area contributed by atoms with Crippen LogP contribution in [0.1, 0.15) is 19.3 Å². The minimum Gasteiger partial charge on any atom is -0.486 e. The lowest BCUT2D eigenvalue weighted by Crippen LogP contribution is -2.39. The maximum Gasteiger partial charge on any atom is 0.240 e. The number of fused-ring (bicyclic) bond motifs is 1. The summed E-state index contributed by atoms with van der Waals surface area (Å²) < 4.78 is 38.6. The van der Waals surface area contributed by atoms with E-state index in [2.05, 4.69) is 4.72 Å². The molecule has 2 aliphatic rings. The average Bonchev–Trinajstić information content (AvgIpc) is 2.93. The first-order valence-electron chi connectivity index (χ1n) is 7.22. The molecule has 3 rings (SSSR count). The number of hydrogen-bond acceptors (Lipinski definition) is 5. The van der Waals surface area contributed by atoms with Gasteiger partial charge in [-0.15, -0.1) is 0 Å². The average molecular weight is 312 g/mol. The number of ether oxygens (including phenoxy) is 2. The van der Waals surface area contributed by atoms with E-state index in [4.69, 9.17) is 15.2 Å². The van der Waals surface area contributed by atoms with E-state index in [-0.39, 0.29) is 16.9 Å². The third-order valence-corrected chi connectivity index (χ3v) is 5.58. The Morgan fingerprint density at radius 2 is 1.95 bits per heavy atom. The van der Waals surface area contributed by atoms with Crippen molar-refractivity contribution in [3.8, 4) is 11.5 Å². The van der Waals surface area contributed by atoms with Crippen LogP contribution < -0.4 is 19.9 Å². The highest BCUT2D eigenvalue weighted by Crippen LogP contribution is 2.33. The van der Waals surface area contributed by atoms with Crippen molar-refractivity contribution in [3.63, 3.8) is 0 Å². The predicted octanol–water partition coefficient (Wildman–Crippen LogP) is 0.863. The van der Waals surface area contributed by atoms with Crippen LogP contribution in [-0.2, 0) is 10.0 Å². The maximum atomic E-state index is 12.5. The molecule has 1 aliphatic heterocycles. The predicted molar refractivity (Wildman–Crippen MR) is 77.9 cm³/mol. The summed E-state index contributed by atoms with van der Waals surface area (Å²) >= 11 is 0. The smallest absolute Gasteiger partial charge is 0.240 e. The molecule has 0 saturated heterocycles. The van der Waals surface area contributed by atoms with Crippen molar-refractivity contribution in [3.05, 3.63) is 18.2 Å². The molecule has 1 saturated carbocycles. The summed E-state index contributed by atoms with van der Waals surface area (Å²) in [7, 11) is -3.56. The van der Waals surface area contributed by atoms with Crippen molar-refractivity contribution in [2.45, 2.75) is 30.2 Å². The third kappa shape index (κ3) is 3.00. The first-order chi connectivity index (χ1) is 10.1. The largest absolute Gasteiger partial charge is 0.486 e. The molecular weight excluding hydrogens is 292 g/mol. The molecule has 0 bridgehead atoms. The summed E-state index contributed by atoms with van der Waals surface area (Å²) in [5.74, 6) is 1.28. The molecule has 1 fully saturated rings. The molecule has 1 aromatic carbocycles. The van der Waals surface area contributed by atoms with E-state index in [9.17, 15) is 8.42 Å². The normalized spacial score (nSPS) is 25.0. The third-order valence-electron chi connectivity index (χ3n) is 4.09. The van der Waals surface area contributed by atoms with Crippen LogP contribution in [0.2, 0.25) is 0 Å². The van der Waals surface area contributed by atoms with Crippen LogP contribution >= 0.6 is 0 Å². The molecule has 0 radical (unpaired) electrons. The quantitative estimate of drug-likeness (QED) is 0.860. The maximum absolute atomic E-state index is 12.5. The van der Waals surface area contributed by atoms with Crippen LogP contribution in [0.25, 0.3) is 0 Å². The fraction of sp³-hybridized carbons (Fsp3) is 0.571. The van der Waals surface area contributed by atoms with E-state index >= 15 is 0 Å². The fourth-order valence-electron chi connectivity index (χ4n) is 2.93. The summed E-state index contributed by atoms with van der Waals surface area (Å²) in [5, 5.41) is 0.